The normalized spacial score (nSPS) is 51.6. The lowest BCUT2D eigenvalue weighted by molar-refractivity contribution is -0.136. The molecule has 2 spiro atoms. The lowest BCUT2D eigenvalue weighted by Crippen LogP contribution is -2.63. The van der Waals surface area contributed by atoms with E-state index in [9.17, 15) is 14.7 Å². The summed E-state index contributed by atoms with van der Waals surface area (Å²) in [5, 5.41) is 9.27. The van der Waals surface area contributed by atoms with Gasteiger partial charge in [0.05, 0.1) is 6.10 Å². The highest BCUT2D eigenvalue weighted by molar-refractivity contribution is 6.08. The lowest BCUT2D eigenvalue weighted by Gasteiger charge is -2.51. The van der Waals surface area contributed by atoms with Crippen LogP contribution in [0.25, 0.3) is 0 Å². The van der Waals surface area contributed by atoms with Crippen LogP contribution in [0.1, 0.15) is 32.6 Å². The fraction of sp³-hybridized carbons (Fsp3) is 0.684. The zero-order valence-electron chi connectivity index (χ0n) is 14.0. The number of epoxide rings is 2. The zero-order valence-corrected chi connectivity index (χ0v) is 14.0. The number of carbonyl (C=O) groups is 2. The van der Waals surface area contributed by atoms with Gasteiger partial charge in [0.1, 0.15) is 18.3 Å². The van der Waals surface area contributed by atoms with Gasteiger partial charge in [-0.25, -0.2) is 4.79 Å². The minimum atomic E-state index is -0.871. The zero-order chi connectivity index (χ0) is 17.2. The Bertz CT molecular complexity index is 811. The molecule has 6 heteroatoms. The van der Waals surface area contributed by atoms with Crippen molar-refractivity contribution in [2.24, 2.45) is 11.3 Å². The maximum Gasteiger partial charge on any atom is 0.334 e. The standard InChI is InChI=1S/C19H20O6/c1-17-4-2-10-11(8-23-16(10)22)12(17)7-13-18(24-13)15(21)9(3-5-20)6-14-19(17,18)25-14/h6,12-14,20H,2-5,7-8H2,1H3/t12-,13-,14-,17-,18+,19+/m0/s1. The number of carbonyl (C=O) groups excluding carboxylic acids is 2. The van der Waals surface area contributed by atoms with Gasteiger partial charge in [-0.15, -0.1) is 0 Å². The molecule has 6 aliphatic rings. The number of cyclic esters (lactones) is 1. The maximum absolute atomic E-state index is 13.2. The van der Waals surface area contributed by atoms with Crippen molar-refractivity contribution in [3.8, 4) is 0 Å². The average molecular weight is 344 g/mol. The van der Waals surface area contributed by atoms with E-state index in [0.717, 1.165) is 24.0 Å². The molecule has 2 saturated heterocycles. The summed E-state index contributed by atoms with van der Waals surface area (Å²) >= 11 is 0. The molecule has 0 bridgehead atoms. The third kappa shape index (κ3) is 1.32. The quantitative estimate of drug-likeness (QED) is 0.589. The van der Waals surface area contributed by atoms with E-state index in [1.807, 2.05) is 6.08 Å². The Morgan fingerprint density at radius 3 is 2.96 bits per heavy atom. The molecule has 3 fully saturated rings. The number of ether oxygens (including phenoxy) is 3. The molecule has 1 N–H and O–H groups in total. The van der Waals surface area contributed by atoms with E-state index in [1.54, 1.807) is 0 Å². The molecular formula is C19H20O6. The molecule has 3 aliphatic heterocycles. The van der Waals surface area contributed by atoms with Crippen molar-refractivity contribution in [2.45, 2.75) is 56.0 Å². The van der Waals surface area contributed by atoms with Crippen molar-refractivity contribution in [1.29, 1.82) is 0 Å². The van der Waals surface area contributed by atoms with Gasteiger partial charge in [-0.3, -0.25) is 4.79 Å². The number of Topliss-reactive ketones (excluding diaryl/α,β-unsaturated/α-hetero) is 1. The van der Waals surface area contributed by atoms with Crippen LogP contribution >= 0.6 is 0 Å². The van der Waals surface area contributed by atoms with Gasteiger partial charge >= 0.3 is 5.97 Å². The fourth-order valence-corrected chi connectivity index (χ4v) is 6.44. The predicted octanol–water partition coefficient (Wildman–Crippen LogP) is 0.826. The first-order valence-corrected chi connectivity index (χ1v) is 9.10. The Balaban J connectivity index is 1.49. The third-order valence-electron chi connectivity index (χ3n) is 7.67. The van der Waals surface area contributed by atoms with Gasteiger partial charge in [-0.05, 0) is 48.8 Å². The first-order chi connectivity index (χ1) is 12.0. The van der Waals surface area contributed by atoms with Crippen molar-refractivity contribution >= 4 is 11.8 Å². The van der Waals surface area contributed by atoms with Crippen molar-refractivity contribution in [2.75, 3.05) is 13.2 Å². The average Bonchev–Trinajstić information content (AvgIpc) is 3.46. The Morgan fingerprint density at radius 1 is 1.32 bits per heavy atom. The molecule has 0 aromatic rings. The smallest absolute Gasteiger partial charge is 0.334 e. The molecule has 1 saturated carbocycles. The number of ketones is 1. The van der Waals surface area contributed by atoms with Crippen LogP contribution in [0.4, 0.5) is 0 Å². The first kappa shape index (κ1) is 14.6. The molecule has 3 heterocycles. The summed E-state index contributed by atoms with van der Waals surface area (Å²) < 4.78 is 17.6. The SMILES string of the molecule is C[C@]12CCC3=C(COC3=O)[C@@H]1C[C@@H]1O[C@@]13C(=O)C(CCO)=C[C@@H]1O[C@]123. The molecule has 0 radical (unpaired) electrons. The van der Waals surface area contributed by atoms with E-state index in [-0.39, 0.29) is 41.9 Å². The lowest BCUT2D eigenvalue weighted by atomic mass is 9.48. The largest absolute Gasteiger partial charge is 0.458 e. The number of hydrogen-bond acceptors (Lipinski definition) is 6. The van der Waals surface area contributed by atoms with Gasteiger partial charge in [0.2, 0.25) is 0 Å². The van der Waals surface area contributed by atoms with E-state index in [4.69, 9.17) is 14.2 Å². The van der Waals surface area contributed by atoms with E-state index in [2.05, 4.69) is 6.92 Å². The molecule has 0 unspecified atom stereocenters. The number of fused-ring (bicyclic) bond motifs is 2. The minimum absolute atomic E-state index is 0.00139. The topological polar surface area (TPSA) is 88.7 Å². The Morgan fingerprint density at radius 2 is 2.16 bits per heavy atom. The van der Waals surface area contributed by atoms with Crippen molar-refractivity contribution in [3.63, 3.8) is 0 Å². The maximum atomic E-state index is 13.2. The fourth-order valence-electron chi connectivity index (χ4n) is 6.44. The second kappa shape index (κ2) is 4.08. The van der Waals surface area contributed by atoms with Gasteiger partial charge in [-0.1, -0.05) is 6.92 Å². The van der Waals surface area contributed by atoms with Crippen molar-refractivity contribution < 1.29 is 28.9 Å². The van der Waals surface area contributed by atoms with Gasteiger partial charge in [0, 0.05) is 17.6 Å². The first-order valence-electron chi connectivity index (χ1n) is 9.10. The number of aliphatic hydroxyl groups excluding tert-OH is 1. The second-order valence-electron chi connectivity index (χ2n) is 8.40. The van der Waals surface area contributed by atoms with E-state index in [1.165, 1.54) is 0 Å². The van der Waals surface area contributed by atoms with Gasteiger partial charge in [0.25, 0.3) is 0 Å². The molecule has 6 nitrogen and oxygen atoms in total. The van der Waals surface area contributed by atoms with Crippen LogP contribution in [0, 0.1) is 11.3 Å². The van der Waals surface area contributed by atoms with E-state index >= 15 is 0 Å². The van der Waals surface area contributed by atoms with Gasteiger partial charge in [-0.2, -0.15) is 0 Å². The molecule has 3 aliphatic carbocycles. The Hall–Kier alpha value is -1.50. The number of rotatable bonds is 2. The van der Waals surface area contributed by atoms with Crippen LogP contribution in [-0.2, 0) is 23.8 Å². The Kier molecular flexibility index (Phi) is 2.39. The molecule has 0 aromatic carbocycles. The van der Waals surface area contributed by atoms with Crippen LogP contribution in [0.3, 0.4) is 0 Å². The molecule has 0 aromatic heterocycles. The monoisotopic (exact) mass is 344 g/mol. The molecular weight excluding hydrogens is 324 g/mol. The molecule has 6 atom stereocenters. The summed E-state index contributed by atoms with van der Waals surface area (Å²) in [5.74, 6) is -0.0198. The number of esters is 1. The summed E-state index contributed by atoms with van der Waals surface area (Å²) in [6.07, 6.45) is 4.18. The highest BCUT2D eigenvalue weighted by Gasteiger charge is 2.92. The van der Waals surface area contributed by atoms with E-state index < -0.39 is 11.2 Å². The molecule has 0 amide bonds. The van der Waals surface area contributed by atoms with Crippen LogP contribution < -0.4 is 0 Å². The van der Waals surface area contributed by atoms with Gasteiger partial charge in [0.15, 0.2) is 11.4 Å². The number of aliphatic hydroxyl groups is 1. The summed E-state index contributed by atoms with van der Waals surface area (Å²) in [5.41, 5.74) is 0.846. The van der Waals surface area contributed by atoms with Gasteiger partial charge < -0.3 is 19.3 Å². The van der Waals surface area contributed by atoms with Crippen LogP contribution in [0.2, 0.25) is 0 Å². The Labute approximate surface area is 144 Å². The van der Waals surface area contributed by atoms with Crippen LogP contribution in [-0.4, -0.2) is 53.5 Å². The minimum Gasteiger partial charge on any atom is -0.458 e. The molecule has 132 valence electrons. The van der Waals surface area contributed by atoms with Crippen LogP contribution in [0.5, 0.6) is 0 Å². The predicted molar refractivity (Wildman–Crippen MR) is 83.4 cm³/mol. The number of hydrogen-bond donors (Lipinski definition) is 1. The van der Waals surface area contributed by atoms with Crippen molar-refractivity contribution in [1.82, 2.24) is 0 Å². The summed E-state index contributed by atoms with van der Waals surface area (Å²) in [7, 11) is 0. The van der Waals surface area contributed by atoms with Crippen molar-refractivity contribution in [3.05, 3.63) is 22.8 Å². The van der Waals surface area contributed by atoms with E-state index in [0.29, 0.717) is 25.0 Å². The third-order valence-corrected chi connectivity index (χ3v) is 7.67. The van der Waals surface area contributed by atoms with Crippen LogP contribution in [0.15, 0.2) is 22.8 Å². The second-order valence-corrected chi connectivity index (χ2v) is 8.40. The summed E-state index contributed by atoms with van der Waals surface area (Å²) in [6.45, 7) is 2.52. The summed E-state index contributed by atoms with van der Waals surface area (Å²) in [4.78, 5) is 25.2. The highest BCUT2D eigenvalue weighted by Crippen LogP contribution is 2.77. The molecule has 6 rings (SSSR count). The highest BCUT2D eigenvalue weighted by atomic mass is 16.7. The summed E-state index contributed by atoms with van der Waals surface area (Å²) in [6, 6.07) is 0. The molecule has 25 heavy (non-hydrogen) atoms.